The molecule has 3 nitrogen and oxygen atoms in total. The summed E-state index contributed by atoms with van der Waals surface area (Å²) in [5.74, 6) is 0.677. The molecule has 19 heavy (non-hydrogen) atoms. The van der Waals surface area contributed by atoms with E-state index in [0.717, 1.165) is 16.5 Å². The Kier molecular flexibility index (Phi) is 4.07. The van der Waals surface area contributed by atoms with Crippen molar-refractivity contribution in [3.8, 4) is 0 Å². The van der Waals surface area contributed by atoms with Crippen LogP contribution in [0, 0.1) is 6.92 Å². The summed E-state index contributed by atoms with van der Waals surface area (Å²) in [4.78, 5) is 12.7. The first-order chi connectivity index (χ1) is 9.11. The van der Waals surface area contributed by atoms with Gasteiger partial charge < -0.3 is 0 Å². The zero-order chi connectivity index (χ0) is 13.8. The highest BCUT2D eigenvalue weighted by atomic mass is 35.5. The fourth-order valence-electron chi connectivity index (χ4n) is 1.62. The van der Waals surface area contributed by atoms with Crippen molar-refractivity contribution in [2.75, 3.05) is 0 Å². The molecule has 0 bridgehead atoms. The van der Waals surface area contributed by atoms with E-state index in [1.54, 1.807) is 6.20 Å². The zero-order valence-corrected chi connectivity index (χ0v) is 11.6. The third-order valence-corrected chi connectivity index (χ3v) is 2.88. The molecule has 0 N–H and O–H groups in total. The van der Waals surface area contributed by atoms with Gasteiger partial charge in [0.2, 0.25) is 0 Å². The van der Waals surface area contributed by atoms with Gasteiger partial charge in [-0.05, 0) is 25.5 Å². The lowest BCUT2D eigenvalue weighted by Crippen LogP contribution is -1.94. The average molecular weight is 272 g/mol. The lowest BCUT2D eigenvalue weighted by Gasteiger charge is -2.05. The van der Waals surface area contributed by atoms with E-state index in [4.69, 9.17) is 11.6 Å². The van der Waals surface area contributed by atoms with Crippen LogP contribution in [-0.2, 0) is 0 Å². The zero-order valence-electron chi connectivity index (χ0n) is 10.9. The van der Waals surface area contributed by atoms with Crippen LogP contribution in [0.15, 0.2) is 43.1 Å². The molecule has 2 aromatic rings. The molecule has 96 valence electrons. The van der Waals surface area contributed by atoms with Gasteiger partial charge in [0.1, 0.15) is 11.0 Å². The standard InChI is InChI=1S/C15H14ClN3/c1-4-5-6-7-10(2)13-8-12-9-17-11(3)18-15(12)19-14(13)16/h4-9H,2H2,1,3H3/b5-4?,7-6-. The van der Waals surface area contributed by atoms with Crippen LogP contribution >= 0.6 is 11.6 Å². The largest absolute Gasteiger partial charge is 0.241 e. The molecule has 0 unspecified atom stereocenters. The van der Waals surface area contributed by atoms with Crippen molar-refractivity contribution in [3.63, 3.8) is 0 Å². The van der Waals surface area contributed by atoms with Crippen LogP contribution in [0.2, 0.25) is 5.15 Å². The summed E-state index contributed by atoms with van der Waals surface area (Å²) >= 11 is 6.18. The SMILES string of the molecule is C=C(/C=C\C=CC)c1cc2cnc(C)nc2nc1Cl. The molecule has 0 atom stereocenters. The van der Waals surface area contributed by atoms with Crippen LogP contribution in [0.1, 0.15) is 18.3 Å². The summed E-state index contributed by atoms with van der Waals surface area (Å²) < 4.78 is 0. The number of allylic oxidation sites excluding steroid dienone is 5. The summed E-state index contributed by atoms with van der Waals surface area (Å²) in [7, 11) is 0. The summed E-state index contributed by atoms with van der Waals surface area (Å²) in [6.45, 7) is 7.77. The molecule has 4 heteroatoms. The predicted octanol–water partition coefficient (Wildman–Crippen LogP) is 4.13. The molecule has 0 fully saturated rings. The van der Waals surface area contributed by atoms with Crippen molar-refractivity contribution in [1.82, 2.24) is 15.0 Å². The van der Waals surface area contributed by atoms with E-state index in [9.17, 15) is 0 Å². The van der Waals surface area contributed by atoms with Crippen LogP contribution in [0.4, 0.5) is 0 Å². The van der Waals surface area contributed by atoms with Crippen LogP contribution < -0.4 is 0 Å². The molecule has 0 saturated carbocycles. The van der Waals surface area contributed by atoms with E-state index < -0.39 is 0 Å². The normalized spacial score (nSPS) is 11.7. The molecule has 0 amide bonds. The van der Waals surface area contributed by atoms with E-state index in [1.807, 2.05) is 44.2 Å². The van der Waals surface area contributed by atoms with Gasteiger partial charge in [0.15, 0.2) is 5.65 Å². The third-order valence-electron chi connectivity index (χ3n) is 2.59. The average Bonchev–Trinajstić information content (AvgIpc) is 2.38. The second-order valence-corrected chi connectivity index (χ2v) is 4.42. The first kappa shape index (κ1) is 13.4. The smallest absolute Gasteiger partial charge is 0.164 e. The highest BCUT2D eigenvalue weighted by Crippen LogP contribution is 2.25. The number of hydrogen-bond acceptors (Lipinski definition) is 3. The van der Waals surface area contributed by atoms with Crippen molar-refractivity contribution >= 4 is 28.2 Å². The molecule has 2 aromatic heterocycles. The highest BCUT2D eigenvalue weighted by molar-refractivity contribution is 6.31. The second-order valence-electron chi connectivity index (χ2n) is 4.07. The van der Waals surface area contributed by atoms with Crippen molar-refractivity contribution in [2.45, 2.75) is 13.8 Å². The van der Waals surface area contributed by atoms with Crippen LogP contribution in [0.5, 0.6) is 0 Å². The molecule has 0 saturated heterocycles. The van der Waals surface area contributed by atoms with E-state index in [1.165, 1.54) is 0 Å². The minimum absolute atomic E-state index is 0.403. The Bertz CT molecular complexity index is 687. The number of hydrogen-bond donors (Lipinski definition) is 0. The topological polar surface area (TPSA) is 38.7 Å². The van der Waals surface area contributed by atoms with Gasteiger partial charge >= 0.3 is 0 Å². The Hall–Kier alpha value is -2.00. The summed E-state index contributed by atoms with van der Waals surface area (Å²) in [6, 6.07) is 1.91. The van der Waals surface area contributed by atoms with E-state index in [2.05, 4.69) is 21.5 Å². The number of aryl methyl sites for hydroxylation is 1. The third kappa shape index (κ3) is 3.06. The van der Waals surface area contributed by atoms with Crippen molar-refractivity contribution in [1.29, 1.82) is 0 Å². The number of rotatable bonds is 3. The minimum Gasteiger partial charge on any atom is -0.241 e. The molecular weight excluding hydrogens is 258 g/mol. The summed E-state index contributed by atoms with van der Waals surface area (Å²) in [5, 5.41) is 1.26. The molecular formula is C15H14ClN3. The number of fused-ring (bicyclic) bond motifs is 1. The van der Waals surface area contributed by atoms with Gasteiger partial charge in [-0.1, -0.05) is 42.5 Å². The number of pyridine rings is 1. The van der Waals surface area contributed by atoms with E-state index >= 15 is 0 Å². The number of halogens is 1. The van der Waals surface area contributed by atoms with Gasteiger partial charge in [-0.3, -0.25) is 0 Å². The molecule has 0 spiro atoms. The Labute approximate surface area is 117 Å². The molecule has 0 radical (unpaired) electrons. The lowest BCUT2D eigenvalue weighted by molar-refractivity contribution is 1.07. The van der Waals surface area contributed by atoms with Crippen molar-refractivity contribution in [2.24, 2.45) is 0 Å². The molecule has 0 aliphatic heterocycles. The van der Waals surface area contributed by atoms with Crippen LogP contribution in [-0.4, -0.2) is 15.0 Å². The van der Waals surface area contributed by atoms with Gasteiger partial charge in [-0.15, -0.1) is 0 Å². The van der Waals surface area contributed by atoms with Crippen LogP contribution in [0.3, 0.4) is 0 Å². The van der Waals surface area contributed by atoms with Crippen LogP contribution in [0.25, 0.3) is 16.6 Å². The molecule has 0 aromatic carbocycles. The monoisotopic (exact) mass is 271 g/mol. The van der Waals surface area contributed by atoms with E-state index in [0.29, 0.717) is 16.6 Å². The molecule has 0 aliphatic carbocycles. The number of aromatic nitrogens is 3. The van der Waals surface area contributed by atoms with Gasteiger partial charge in [0.25, 0.3) is 0 Å². The Morgan fingerprint density at radius 2 is 2.11 bits per heavy atom. The maximum Gasteiger partial charge on any atom is 0.164 e. The first-order valence-corrected chi connectivity index (χ1v) is 6.28. The van der Waals surface area contributed by atoms with Crippen molar-refractivity contribution in [3.05, 3.63) is 59.7 Å². The molecule has 2 rings (SSSR count). The van der Waals surface area contributed by atoms with Gasteiger partial charge in [-0.25, -0.2) is 15.0 Å². The fourth-order valence-corrected chi connectivity index (χ4v) is 1.88. The quantitative estimate of drug-likeness (QED) is 0.622. The predicted molar refractivity (Wildman–Crippen MR) is 80.1 cm³/mol. The van der Waals surface area contributed by atoms with Crippen molar-refractivity contribution < 1.29 is 0 Å². The number of nitrogens with zero attached hydrogens (tertiary/aromatic N) is 3. The highest BCUT2D eigenvalue weighted by Gasteiger charge is 2.07. The summed E-state index contributed by atoms with van der Waals surface area (Å²) in [6.07, 6.45) is 9.42. The van der Waals surface area contributed by atoms with Gasteiger partial charge in [-0.2, -0.15) is 0 Å². The molecule has 2 heterocycles. The van der Waals surface area contributed by atoms with E-state index in [-0.39, 0.29) is 0 Å². The van der Waals surface area contributed by atoms with Gasteiger partial charge in [0, 0.05) is 17.1 Å². The Morgan fingerprint density at radius 3 is 2.84 bits per heavy atom. The fraction of sp³-hybridized carbons (Fsp3) is 0.133. The summed E-state index contributed by atoms with van der Waals surface area (Å²) in [5.41, 5.74) is 2.20. The maximum absolute atomic E-state index is 6.18. The molecule has 0 aliphatic rings. The minimum atomic E-state index is 0.403. The van der Waals surface area contributed by atoms with Gasteiger partial charge in [0.05, 0.1) is 0 Å². The maximum atomic E-state index is 6.18. The lowest BCUT2D eigenvalue weighted by atomic mass is 10.1. The Balaban J connectivity index is 2.47. The second kappa shape index (κ2) is 5.76. The first-order valence-electron chi connectivity index (χ1n) is 5.90. The Morgan fingerprint density at radius 1 is 1.32 bits per heavy atom.